The first-order valence-electron chi connectivity index (χ1n) is 12.8. The lowest BCUT2D eigenvalue weighted by molar-refractivity contribution is 0.102. The van der Waals surface area contributed by atoms with Crippen molar-refractivity contribution < 1.29 is 4.79 Å². The molecule has 4 aromatic heterocycles. The Kier molecular flexibility index (Phi) is 6.00. The third-order valence-corrected chi connectivity index (χ3v) is 8.18. The van der Waals surface area contributed by atoms with E-state index in [0.717, 1.165) is 35.7 Å². The van der Waals surface area contributed by atoms with Gasteiger partial charge in [-0.3, -0.25) is 14.2 Å². The predicted molar refractivity (Wildman–Crippen MR) is 142 cm³/mol. The molecular weight excluding hydrogens is 488 g/mol. The number of fused-ring (bicyclic) bond motifs is 1. The van der Waals surface area contributed by atoms with Crippen molar-refractivity contribution in [3.8, 4) is 0 Å². The van der Waals surface area contributed by atoms with E-state index in [1.54, 1.807) is 23.1 Å². The minimum atomic E-state index is -0.258. The molecule has 4 aromatic rings. The number of anilines is 1. The Labute approximate surface area is 220 Å². The van der Waals surface area contributed by atoms with Crippen molar-refractivity contribution in [1.29, 1.82) is 0 Å². The molecule has 0 aliphatic heterocycles. The number of nitrogens with one attached hydrogen (secondary N) is 2. The highest BCUT2D eigenvalue weighted by atomic mass is 35.5. The molecule has 2 fully saturated rings. The van der Waals surface area contributed by atoms with E-state index in [9.17, 15) is 4.79 Å². The zero-order valence-electron chi connectivity index (χ0n) is 21.3. The van der Waals surface area contributed by atoms with Crippen LogP contribution in [0.15, 0.2) is 43.2 Å². The zero-order valence-corrected chi connectivity index (χ0v) is 22.0. The van der Waals surface area contributed by atoms with Gasteiger partial charge in [0.2, 0.25) is 0 Å². The van der Waals surface area contributed by atoms with Crippen LogP contribution >= 0.6 is 11.6 Å². The molecule has 192 valence electrons. The standard InChI is InChI=1S/C27H31ClN8O/c1-16-8-27(9-16,26-34-32-15-35(26)3)20-7-21(12-29-11-20)33-25(37)22-6-18(10-30-17(2)19-4-5-19)14-36-23(28)13-31-24(22)36/h6-7,11-17,19,30H,4-5,8-10H2,1-3H3,(H,33,37)/t16?,17-,27?/m0/s1. The third kappa shape index (κ3) is 4.40. The molecule has 2 saturated carbocycles. The fourth-order valence-corrected chi connectivity index (χ4v) is 5.96. The molecule has 2 aliphatic carbocycles. The molecule has 0 aromatic carbocycles. The molecule has 2 aliphatic rings. The number of aryl methyl sites for hydroxylation is 1. The average Bonchev–Trinajstić information content (AvgIpc) is 3.54. The molecule has 2 N–H and O–H groups in total. The minimum Gasteiger partial charge on any atom is -0.320 e. The number of hydrogen-bond acceptors (Lipinski definition) is 6. The fourth-order valence-electron chi connectivity index (χ4n) is 5.78. The zero-order chi connectivity index (χ0) is 25.7. The molecular formula is C27H31ClN8O. The smallest absolute Gasteiger partial charge is 0.259 e. The van der Waals surface area contributed by atoms with Crippen molar-refractivity contribution >= 4 is 28.8 Å². The quantitative estimate of drug-likeness (QED) is 0.359. The van der Waals surface area contributed by atoms with Gasteiger partial charge in [-0.2, -0.15) is 0 Å². The topological polar surface area (TPSA) is 102 Å². The predicted octanol–water partition coefficient (Wildman–Crippen LogP) is 4.37. The number of imidazole rings is 1. The van der Waals surface area contributed by atoms with Crippen LogP contribution in [0, 0.1) is 11.8 Å². The van der Waals surface area contributed by atoms with Crippen molar-refractivity contribution in [2.75, 3.05) is 5.32 Å². The summed E-state index contributed by atoms with van der Waals surface area (Å²) in [4.78, 5) is 22.4. The molecule has 0 bridgehead atoms. The minimum absolute atomic E-state index is 0.252. The van der Waals surface area contributed by atoms with Gasteiger partial charge in [0.15, 0.2) is 5.65 Å². The Bertz CT molecular complexity index is 1470. The maximum Gasteiger partial charge on any atom is 0.259 e. The summed E-state index contributed by atoms with van der Waals surface area (Å²) in [5.74, 6) is 1.99. The molecule has 9 nitrogen and oxygen atoms in total. The van der Waals surface area contributed by atoms with Crippen LogP contribution in [0.2, 0.25) is 5.15 Å². The first-order valence-corrected chi connectivity index (χ1v) is 13.2. The SMILES string of the molecule is CC1CC(c2cncc(NC(=O)c3cc(CN[C@@H](C)C4CC4)cn4c(Cl)cnc34)c2)(c2nncn2C)C1. The maximum atomic E-state index is 13.5. The average molecular weight is 519 g/mol. The summed E-state index contributed by atoms with van der Waals surface area (Å²) in [5, 5.41) is 15.6. The monoisotopic (exact) mass is 518 g/mol. The Balaban J connectivity index is 1.28. The molecule has 1 amide bonds. The van der Waals surface area contributed by atoms with E-state index < -0.39 is 0 Å². The van der Waals surface area contributed by atoms with Gasteiger partial charge in [0.1, 0.15) is 17.3 Å². The maximum absolute atomic E-state index is 13.5. The van der Waals surface area contributed by atoms with Gasteiger partial charge in [-0.1, -0.05) is 18.5 Å². The first-order chi connectivity index (χ1) is 17.8. The van der Waals surface area contributed by atoms with Crippen LogP contribution in [-0.2, 0) is 19.0 Å². The van der Waals surface area contributed by atoms with Gasteiger partial charge in [-0.25, -0.2) is 4.98 Å². The molecule has 0 radical (unpaired) electrons. The van der Waals surface area contributed by atoms with E-state index in [4.69, 9.17) is 11.6 Å². The van der Waals surface area contributed by atoms with Crippen LogP contribution in [0.1, 0.15) is 66.8 Å². The van der Waals surface area contributed by atoms with Gasteiger partial charge in [0.25, 0.3) is 5.91 Å². The van der Waals surface area contributed by atoms with Gasteiger partial charge >= 0.3 is 0 Å². The third-order valence-electron chi connectivity index (χ3n) is 7.90. The summed E-state index contributed by atoms with van der Waals surface area (Å²) in [6, 6.07) is 4.34. The van der Waals surface area contributed by atoms with E-state index in [1.807, 2.05) is 36.1 Å². The van der Waals surface area contributed by atoms with Crippen LogP contribution < -0.4 is 10.6 Å². The lowest BCUT2D eigenvalue weighted by Gasteiger charge is -2.45. The lowest BCUT2D eigenvalue weighted by Crippen LogP contribution is -2.43. The van der Waals surface area contributed by atoms with Crippen molar-refractivity contribution in [3.63, 3.8) is 0 Å². The van der Waals surface area contributed by atoms with Gasteiger partial charge in [0.05, 0.1) is 29.1 Å². The van der Waals surface area contributed by atoms with Gasteiger partial charge in [0, 0.05) is 32.0 Å². The second-order valence-electron chi connectivity index (χ2n) is 10.8. The number of carbonyl (C=O) groups is 1. The Morgan fingerprint density at radius 1 is 1.24 bits per heavy atom. The van der Waals surface area contributed by atoms with Crippen molar-refractivity contribution in [2.45, 2.75) is 57.5 Å². The number of carbonyl (C=O) groups excluding carboxylic acids is 1. The van der Waals surface area contributed by atoms with Crippen molar-refractivity contribution in [2.24, 2.45) is 18.9 Å². The summed E-state index contributed by atoms with van der Waals surface area (Å²) < 4.78 is 3.74. The second kappa shape index (κ2) is 9.22. The van der Waals surface area contributed by atoms with Crippen molar-refractivity contribution in [1.82, 2.24) is 34.4 Å². The number of amides is 1. The number of pyridine rings is 2. The van der Waals surface area contributed by atoms with E-state index in [0.29, 0.717) is 40.6 Å². The Morgan fingerprint density at radius 3 is 2.76 bits per heavy atom. The van der Waals surface area contributed by atoms with E-state index in [1.165, 1.54) is 12.8 Å². The van der Waals surface area contributed by atoms with Gasteiger partial charge in [-0.05, 0) is 67.7 Å². The number of nitrogens with zero attached hydrogens (tertiary/aromatic N) is 6. The van der Waals surface area contributed by atoms with Crippen LogP contribution in [0.5, 0.6) is 0 Å². The largest absolute Gasteiger partial charge is 0.320 e. The molecule has 10 heteroatoms. The number of hydrogen-bond donors (Lipinski definition) is 2. The second-order valence-corrected chi connectivity index (χ2v) is 11.2. The van der Waals surface area contributed by atoms with E-state index >= 15 is 0 Å². The molecule has 6 rings (SSSR count). The number of halogens is 1. The molecule has 4 heterocycles. The summed E-state index contributed by atoms with van der Waals surface area (Å²) in [6.45, 7) is 5.10. The summed E-state index contributed by atoms with van der Waals surface area (Å²) in [7, 11) is 1.97. The van der Waals surface area contributed by atoms with Gasteiger partial charge in [-0.15, -0.1) is 10.2 Å². The normalized spacial score (nSPS) is 22.1. The highest BCUT2D eigenvalue weighted by molar-refractivity contribution is 6.30. The van der Waals surface area contributed by atoms with Crippen LogP contribution in [0.4, 0.5) is 5.69 Å². The molecule has 0 saturated heterocycles. The summed E-state index contributed by atoms with van der Waals surface area (Å²) >= 11 is 6.40. The van der Waals surface area contributed by atoms with Crippen LogP contribution in [0.25, 0.3) is 5.65 Å². The highest BCUT2D eigenvalue weighted by Crippen LogP contribution is 2.51. The van der Waals surface area contributed by atoms with Crippen LogP contribution in [0.3, 0.4) is 0 Å². The summed E-state index contributed by atoms with van der Waals surface area (Å²) in [5.41, 5.74) is 3.36. The van der Waals surface area contributed by atoms with Gasteiger partial charge < -0.3 is 15.2 Å². The number of rotatable bonds is 8. The molecule has 0 spiro atoms. The lowest BCUT2D eigenvalue weighted by atomic mass is 9.59. The Morgan fingerprint density at radius 2 is 2.05 bits per heavy atom. The fraction of sp³-hybridized carbons (Fsp3) is 0.444. The number of aromatic nitrogens is 6. The molecule has 1 atom stereocenters. The molecule has 0 unspecified atom stereocenters. The van der Waals surface area contributed by atoms with Crippen molar-refractivity contribution in [3.05, 3.63) is 70.9 Å². The first kappa shape index (κ1) is 24.1. The van der Waals surface area contributed by atoms with E-state index in [2.05, 4.69) is 44.6 Å². The summed E-state index contributed by atoms with van der Waals surface area (Å²) in [6.07, 6.45) is 13.3. The highest BCUT2D eigenvalue weighted by Gasteiger charge is 2.48. The Hall–Kier alpha value is -3.30. The van der Waals surface area contributed by atoms with Crippen LogP contribution in [-0.4, -0.2) is 41.1 Å². The molecule has 37 heavy (non-hydrogen) atoms. The van der Waals surface area contributed by atoms with E-state index in [-0.39, 0.29) is 11.3 Å².